The molecule has 1 aromatic carbocycles. The van der Waals surface area contributed by atoms with E-state index in [0.717, 1.165) is 24.8 Å². The SMILES string of the molecule is COC(=O)CNC(=O)Cc1ccc(NC(=O)[C@@H]2CCC[C@@H]2CN)cc1. The van der Waals surface area contributed by atoms with Gasteiger partial charge in [-0.25, -0.2) is 0 Å². The third-order valence-corrected chi connectivity index (χ3v) is 4.54. The molecule has 25 heavy (non-hydrogen) atoms. The maximum absolute atomic E-state index is 12.3. The van der Waals surface area contributed by atoms with Gasteiger partial charge in [-0.15, -0.1) is 0 Å². The molecule has 2 rings (SSSR count). The molecule has 0 bridgehead atoms. The van der Waals surface area contributed by atoms with Crippen LogP contribution < -0.4 is 16.4 Å². The molecule has 1 aliphatic rings. The Labute approximate surface area is 147 Å². The lowest BCUT2D eigenvalue weighted by atomic mass is 9.95. The predicted octanol–water partition coefficient (Wildman–Crippen LogP) is 0.832. The van der Waals surface area contributed by atoms with E-state index in [9.17, 15) is 14.4 Å². The molecule has 0 spiro atoms. The number of amides is 2. The van der Waals surface area contributed by atoms with Gasteiger partial charge in [0, 0.05) is 11.6 Å². The largest absolute Gasteiger partial charge is 0.468 e. The van der Waals surface area contributed by atoms with Gasteiger partial charge in [0.25, 0.3) is 0 Å². The van der Waals surface area contributed by atoms with Crippen LogP contribution in [0.3, 0.4) is 0 Å². The van der Waals surface area contributed by atoms with Gasteiger partial charge in [-0.2, -0.15) is 0 Å². The first-order valence-corrected chi connectivity index (χ1v) is 8.47. The number of carbonyl (C=O) groups is 3. The fourth-order valence-electron chi connectivity index (χ4n) is 3.10. The van der Waals surface area contributed by atoms with Crippen LogP contribution in [0.15, 0.2) is 24.3 Å². The van der Waals surface area contributed by atoms with E-state index in [4.69, 9.17) is 5.73 Å². The van der Waals surface area contributed by atoms with E-state index < -0.39 is 5.97 Å². The van der Waals surface area contributed by atoms with Crippen LogP contribution in [-0.2, 0) is 25.5 Å². The van der Waals surface area contributed by atoms with Crippen molar-refractivity contribution in [3.8, 4) is 0 Å². The number of benzene rings is 1. The van der Waals surface area contributed by atoms with Crippen LogP contribution in [-0.4, -0.2) is 38.0 Å². The average molecular weight is 347 g/mol. The molecule has 0 aliphatic heterocycles. The zero-order chi connectivity index (χ0) is 18.2. The van der Waals surface area contributed by atoms with E-state index in [-0.39, 0.29) is 36.6 Å². The summed E-state index contributed by atoms with van der Waals surface area (Å²) in [5, 5.41) is 5.40. The highest BCUT2D eigenvalue weighted by molar-refractivity contribution is 5.93. The Morgan fingerprint density at radius 1 is 1.20 bits per heavy atom. The second-order valence-electron chi connectivity index (χ2n) is 6.25. The lowest BCUT2D eigenvalue weighted by Gasteiger charge is -2.17. The monoisotopic (exact) mass is 347 g/mol. The first-order chi connectivity index (χ1) is 12.0. The van der Waals surface area contributed by atoms with Gasteiger partial charge in [0.15, 0.2) is 0 Å². The third-order valence-electron chi connectivity index (χ3n) is 4.54. The molecule has 0 unspecified atom stereocenters. The topological polar surface area (TPSA) is 111 Å². The van der Waals surface area contributed by atoms with E-state index >= 15 is 0 Å². The van der Waals surface area contributed by atoms with Crippen LogP contribution in [0, 0.1) is 11.8 Å². The molecule has 1 aromatic rings. The maximum Gasteiger partial charge on any atom is 0.325 e. The normalized spacial score (nSPS) is 19.3. The van der Waals surface area contributed by atoms with Crippen molar-refractivity contribution >= 4 is 23.5 Å². The summed E-state index contributed by atoms with van der Waals surface area (Å²) < 4.78 is 4.46. The predicted molar refractivity (Wildman–Crippen MR) is 93.7 cm³/mol. The smallest absolute Gasteiger partial charge is 0.325 e. The van der Waals surface area contributed by atoms with Crippen molar-refractivity contribution in [2.45, 2.75) is 25.7 Å². The molecule has 0 heterocycles. The number of anilines is 1. The Morgan fingerprint density at radius 2 is 1.92 bits per heavy atom. The first kappa shape index (κ1) is 18.9. The van der Waals surface area contributed by atoms with Gasteiger partial charge in [0.05, 0.1) is 13.5 Å². The van der Waals surface area contributed by atoms with E-state index in [1.165, 1.54) is 7.11 Å². The summed E-state index contributed by atoms with van der Waals surface area (Å²) in [6.07, 6.45) is 3.09. The van der Waals surface area contributed by atoms with Crippen LogP contribution in [0.4, 0.5) is 5.69 Å². The van der Waals surface area contributed by atoms with Gasteiger partial charge in [0.2, 0.25) is 11.8 Å². The summed E-state index contributed by atoms with van der Waals surface area (Å²) in [6.45, 7) is 0.394. The van der Waals surface area contributed by atoms with Crippen molar-refractivity contribution in [2.75, 3.05) is 25.5 Å². The number of rotatable bonds is 7. The van der Waals surface area contributed by atoms with Gasteiger partial charge >= 0.3 is 5.97 Å². The molecule has 1 fully saturated rings. The summed E-state index contributed by atoms with van der Waals surface area (Å²) in [5.41, 5.74) is 7.22. The molecule has 2 amide bonds. The van der Waals surface area contributed by atoms with Gasteiger partial charge in [-0.3, -0.25) is 14.4 Å². The molecule has 7 nitrogen and oxygen atoms in total. The summed E-state index contributed by atoms with van der Waals surface area (Å²) >= 11 is 0. The standard InChI is InChI=1S/C18H25N3O4/c1-25-17(23)11-20-16(22)9-12-5-7-14(8-6-12)21-18(24)15-4-2-3-13(15)10-19/h5-8,13,15H,2-4,9-11,19H2,1H3,(H,20,22)(H,21,24)/t13-,15-/m1/s1. The highest BCUT2D eigenvalue weighted by Gasteiger charge is 2.31. The fraction of sp³-hybridized carbons (Fsp3) is 0.500. The Kier molecular flexibility index (Phi) is 6.94. The molecule has 2 atom stereocenters. The van der Waals surface area contributed by atoms with Crippen molar-refractivity contribution in [3.05, 3.63) is 29.8 Å². The molecule has 136 valence electrons. The van der Waals surface area contributed by atoms with E-state index in [1.54, 1.807) is 24.3 Å². The number of methoxy groups -OCH3 is 1. The molecule has 1 aliphatic carbocycles. The maximum atomic E-state index is 12.3. The number of hydrogen-bond acceptors (Lipinski definition) is 5. The molecular formula is C18H25N3O4. The van der Waals surface area contributed by atoms with Gasteiger partial charge < -0.3 is 21.1 Å². The van der Waals surface area contributed by atoms with Gasteiger partial charge in [0.1, 0.15) is 6.54 Å². The minimum Gasteiger partial charge on any atom is -0.468 e. The highest BCUT2D eigenvalue weighted by atomic mass is 16.5. The molecular weight excluding hydrogens is 322 g/mol. The van der Waals surface area contributed by atoms with Crippen molar-refractivity contribution in [2.24, 2.45) is 17.6 Å². The molecule has 1 saturated carbocycles. The van der Waals surface area contributed by atoms with Crippen LogP contribution >= 0.6 is 0 Å². The Hall–Kier alpha value is -2.41. The quantitative estimate of drug-likeness (QED) is 0.633. The van der Waals surface area contributed by atoms with Crippen molar-refractivity contribution in [1.82, 2.24) is 5.32 Å². The Bertz CT molecular complexity index is 615. The number of hydrogen-bond donors (Lipinski definition) is 3. The minimum absolute atomic E-state index is 0.0107. The molecule has 7 heteroatoms. The summed E-state index contributed by atoms with van der Waals surface area (Å²) in [7, 11) is 1.27. The fourth-order valence-corrected chi connectivity index (χ4v) is 3.10. The molecule has 0 saturated heterocycles. The van der Waals surface area contributed by atoms with Crippen molar-refractivity contribution in [3.63, 3.8) is 0 Å². The molecule has 0 aromatic heterocycles. The Morgan fingerprint density at radius 3 is 2.56 bits per heavy atom. The number of ether oxygens (including phenoxy) is 1. The van der Waals surface area contributed by atoms with Crippen molar-refractivity contribution in [1.29, 1.82) is 0 Å². The number of esters is 1. The number of nitrogens with two attached hydrogens (primary N) is 1. The highest BCUT2D eigenvalue weighted by Crippen LogP contribution is 2.31. The number of nitrogens with one attached hydrogen (secondary N) is 2. The molecule has 4 N–H and O–H groups in total. The van der Waals surface area contributed by atoms with E-state index in [2.05, 4.69) is 15.4 Å². The lowest BCUT2D eigenvalue weighted by molar-refractivity contribution is -0.141. The molecule has 0 radical (unpaired) electrons. The minimum atomic E-state index is -0.492. The van der Waals surface area contributed by atoms with Crippen LogP contribution in [0.25, 0.3) is 0 Å². The van der Waals surface area contributed by atoms with Crippen LogP contribution in [0.5, 0.6) is 0 Å². The summed E-state index contributed by atoms with van der Waals surface area (Å²) in [5.74, 6) is -0.504. The van der Waals surface area contributed by atoms with E-state index in [1.807, 2.05) is 0 Å². The number of carbonyl (C=O) groups excluding carboxylic acids is 3. The van der Waals surface area contributed by atoms with Crippen LogP contribution in [0.1, 0.15) is 24.8 Å². The summed E-state index contributed by atoms with van der Waals surface area (Å²) in [4.78, 5) is 35.1. The van der Waals surface area contributed by atoms with Crippen LogP contribution in [0.2, 0.25) is 0 Å². The zero-order valence-corrected chi connectivity index (χ0v) is 14.4. The van der Waals surface area contributed by atoms with Gasteiger partial charge in [-0.1, -0.05) is 18.6 Å². The summed E-state index contributed by atoms with van der Waals surface area (Å²) in [6, 6.07) is 7.10. The van der Waals surface area contributed by atoms with E-state index in [0.29, 0.717) is 12.2 Å². The average Bonchev–Trinajstić information content (AvgIpc) is 3.10. The lowest BCUT2D eigenvalue weighted by Crippen LogP contribution is -2.31. The van der Waals surface area contributed by atoms with Gasteiger partial charge in [-0.05, 0) is 43.0 Å². The second-order valence-corrected chi connectivity index (χ2v) is 6.25. The third kappa shape index (κ3) is 5.56. The Balaban J connectivity index is 1.84. The first-order valence-electron chi connectivity index (χ1n) is 8.47. The zero-order valence-electron chi connectivity index (χ0n) is 14.4. The van der Waals surface area contributed by atoms with Crippen molar-refractivity contribution < 1.29 is 19.1 Å². The second kappa shape index (κ2) is 9.17.